The van der Waals surface area contributed by atoms with E-state index in [0.717, 1.165) is 11.6 Å². The summed E-state index contributed by atoms with van der Waals surface area (Å²) in [5.74, 6) is -1.86. The number of aliphatic hydroxyl groups is 8. The Bertz CT molecular complexity index is 1470. The lowest BCUT2D eigenvalue weighted by molar-refractivity contribution is -0.357. The van der Waals surface area contributed by atoms with E-state index in [9.17, 15) is 55.9 Å². The third kappa shape index (κ3) is 6.87. The van der Waals surface area contributed by atoms with E-state index in [0.29, 0.717) is 5.56 Å². The average Bonchev–Trinajstić information content (AvgIpc) is 3.05. The number of phenols is 2. The molecule has 0 radical (unpaired) electrons. The number of aliphatic hydroxyl groups excluding tert-OH is 8. The maximum absolute atomic E-state index is 13.4. The molecule has 3 aliphatic rings. The van der Waals surface area contributed by atoms with E-state index in [4.69, 9.17) is 23.7 Å². The Morgan fingerprint density at radius 2 is 1.44 bits per heavy atom. The van der Waals surface area contributed by atoms with Gasteiger partial charge in [-0.05, 0) is 38.0 Å². The van der Waals surface area contributed by atoms with E-state index < -0.39 is 98.4 Å². The highest BCUT2D eigenvalue weighted by Crippen LogP contribution is 2.47. The number of allylic oxidation sites excluding steroid dienone is 2. The highest BCUT2D eigenvalue weighted by molar-refractivity contribution is 6.06. The smallest absolute Gasteiger partial charge is 0.229 e. The van der Waals surface area contributed by atoms with Gasteiger partial charge in [0.2, 0.25) is 12.1 Å². The molecule has 0 aliphatic carbocycles. The van der Waals surface area contributed by atoms with E-state index in [1.54, 1.807) is 19.9 Å². The number of phenolic OH excluding ortho intramolecular Hbond substituents is 2. The number of carbonyl (C=O) groups excluding carboxylic acids is 1. The maximum Gasteiger partial charge on any atom is 0.229 e. The maximum atomic E-state index is 13.4. The molecular weight excluding hydrogens is 640 g/mol. The Morgan fingerprint density at radius 1 is 0.833 bits per heavy atom. The van der Waals surface area contributed by atoms with Crippen LogP contribution in [0.15, 0.2) is 42.0 Å². The van der Waals surface area contributed by atoms with Gasteiger partial charge in [-0.25, -0.2) is 0 Å². The van der Waals surface area contributed by atoms with Crippen LogP contribution in [0.5, 0.6) is 23.0 Å². The van der Waals surface area contributed by atoms with Crippen LogP contribution >= 0.6 is 0 Å². The Labute approximate surface area is 274 Å². The first-order chi connectivity index (χ1) is 22.8. The van der Waals surface area contributed by atoms with Gasteiger partial charge in [-0.15, -0.1) is 0 Å². The van der Waals surface area contributed by atoms with Crippen LogP contribution < -0.4 is 9.47 Å². The lowest BCUT2D eigenvalue weighted by atomic mass is 9.90. The largest absolute Gasteiger partial charge is 0.508 e. The summed E-state index contributed by atoms with van der Waals surface area (Å²) in [6.45, 7) is 2.06. The number of rotatable bonds is 9. The van der Waals surface area contributed by atoms with E-state index in [-0.39, 0.29) is 34.8 Å². The van der Waals surface area contributed by atoms with Crippen molar-refractivity contribution in [1.29, 1.82) is 0 Å². The van der Waals surface area contributed by atoms with Crippen LogP contribution in [0.2, 0.25) is 0 Å². The molecule has 2 aromatic carbocycles. The van der Waals surface area contributed by atoms with Crippen LogP contribution in [0.4, 0.5) is 0 Å². The molecule has 2 fully saturated rings. The molecule has 16 heteroatoms. The van der Waals surface area contributed by atoms with Crippen LogP contribution in [0.25, 0.3) is 0 Å². The molecular formula is C32H40O16. The molecule has 16 nitrogen and oxygen atoms in total. The van der Waals surface area contributed by atoms with Crippen molar-refractivity contribution in [1.82, 2.24) is 0 Å². The summed E-state index contributed by atoms with van der Waals surface area (Å²) < 4.78 is 29.2. The van der Waals surface area contributed by atoms with Gasteiger partial charge in [0.1, 0.15) is 71.3 Å². The molecule has 3 aliphatic heterocycles. The molecule has 0 spiro atoms. The number of ether oxygens (including phenoxy) is 5. The standard InChI is InChI=1S/C32H40O16/c1-12(2)3-8-15-17(9-16(36)20-23(39)26(42)28(47-29(15)20)13-4-6-14(35)7-5-13)44-32-30(25(41)22(38)19(11-34)46-32)48-31-27(43)24(40)21(37)18(10-33)45-31/h3-7,9,18-19,21-22,24-28,30-38,40-43H,8,10-11H2,1-2H3/t18-,19-,21-,22-,24+,25+,26+,27-,28-,30-,31+,32-/m1/s1. The van der Waals surface area contributed by atoms with Crippen LogP contribution in [-0.2, 0) is 20.6 Å². The average molecular weight is 681 g/mol. The zero-order chi connectivity index (χ0) is 35.0. The normalized spacial score (nSPS) is 35.0. The minimum absolute atomic E-state index is 0.0471. The van der Waals surface area contributed by atoms with Crippen molar-refractivity contribution in [3.8, 4) is 23.0 Å². The minimum atomic E-state index is -1.90. The molecule has 2 saturated heterocycles. The lowest BCUT2D eigenvalue weighted by Crippen LogP contribution is -2.65. The third-order valence-electron chi connectivity index (χ3n) is 8.51. The zero-order valence-electron chi connectivity index (χ0n) is 25.9. The van der Waals surface area contributed by atoms with E-state index in [1.165, 1.54) is 24.3 Å². The van der Waals surface area contributed by atoms with Crippen LogP contribution in [0, 0.1) is 0 Å². The zero-order valence-corrected chi connectivity index (χ0v) is 25.9. The number of Topliss-reactive ketones (excluding diaryl/α,β-unsaturated/α-hetero) is 1. The molecule has 0 bridgehead atoms. The van der Waals surface area contributed by atoms with Gasteiger partial charge in [0.25, 0.3) is 0 Å². The summed E-state index contributed by atoms with van der Waals surface area (Å²) in [5, 5.41) is 104. The van der Waals surface area contributed by atoms with Crippen molar-refractivity contribution in [2.75, 3.05) is 13.2 Å². The van der Waals surface area contributed by atoms with Crippen LogP contribution in [0.1, 0.15) is 41.4 Å². The van der Waals surface area contributed by atoms with Gasteiger partial charge in [0.15, 0.2) is 24.6 Å². The lowest BCUT2D eigenvalue weighted by Gasteiger charge is -2.46. The summed E-state index contributed by atoms with van der Waals surface area (Å²) in [4.78, 5) is 13.4. The molecule has 3 heterocycles. The predicted octanol–water partition coefficient (Wildman–Crippen LogP) is -1.71. The van der Waals surface area contributed by atoms with E-state index in [2.05, 4.69) is 0 Å². The van der Waals surface area contributed by atoms with Gasteiger partial charge in [-0.2, -0.15) is 0 Å². The first-order valence-corrected chi connectivity index (χ1v) is 15.2. The first-order valence-electron chi connectivity index (χ1n) is 15.2. The van der Waals surface area contributed by atoms with Crippen molar-refractivity contribution >= 4 is 5.78 Å². The topological polar surface area (TPSA) is 266 Å². The van der Waals surface area contributed by atoms with Crippen molar-refractivity contribution in [2.24, 2.45) is 0 Å². The Hall–Kier alpha value is -3.39. The molecule has 0 amide bonds. The fraction of sp³-hybridized carbons (Fsp3) is 0.531. The second-order valence-corrected chi connectivity index (χ2v) is 12.1. The predicted molar refractivity (Wildman–Crippen MR) is 160 cm³/mol. The molecule has 5 rings (SSSR count). The monoisotopic (exact) mass is 680 g/mol. The van der Waals surface area contributed by atoms with Crippen molar-refractivity contribution < 1.29 is 79.5 Å². The SMILES string of the molecule is CC(C)=CCc1c(O[C@@H]2O[C@H](CO)[C@@H](O)[C@H](O)[C@H]2O[C@@H]2O[C@H](CO)[C@@H](O)[C@H](O)[C@H]2O)cc(O)c2c1O[C@H](c1ccc(O)cc1)[C@@H](O)C2=O. The molecule has 2 aromatic rings. The summed E-state index contributed by atoms with van der Waals surface area (Å²) in [6, 6.07) is 6.66. The second kappa shape index (κ2) is 14.6. The van der Waals surface area contributed by atoms with Crippen molar-refractivity contribution in [3.63, 3.8) is 0 Å². The number of hydrogen-bond donors (Lipinski definition) is 10. The number of fused-ring (bicyclic) bond motifs is 1. The molecule has 12 atom stereocenters. The number of carbonyl (C=O) groups is 1. The Balaban J connectivity index is 1.56. The molecule has 0 saturated carbocycles. The highest BCUT2D eigenvalue weighted by atomic mass is 16.8. The van der Waals surface area contributed by atoms with E-state index in [1.807, 2.05) is 0 Å². The van der Waals surface area contributed by atoms with Gasteiger partial charge in [0, 0.05) is 11.6 Å². The number of aromatic hydroxyl groups is 2. The summed E-state index contributed by atoms with van der Waals surface area (Å²) in [7, 11) is 0. The molecule has 0 unspecified atom stereocenters. The summed E-state index contributed by atoms with van der Waals surface area (Å²) in [6.07, 6.45) is -18.3. The first kappa shape index (κ1) is 35.9. The minimum Gasteiger partial charge on any atom is -0.508 e. The van der Waals surface area contributed by atoms with Crippen molar-refractivity contribution in [2.45, 2.75) is 93.9 Å². The van der Waals surface area contributed by atoms with Gasteiger partial charge < -0.3 is 74.7 Å². The van der Waals surface area contributed by atoms with Gasteiger partial charge in [-0.1, -0.05) is 23.8 Å². The highest BCUT2D eigenvalue weighted by Gasteiger charge is 2.52. The quantitative estimate of drug-likeness (QED) is 0.132. The number of ketones is 1. The molecule has 0 aromatic heterocycles. The third-order valence-corrected chi connectivity index (χ3v) is 8.51. The van der Waals surface area contributed by atoms with Gasteiger partial charge in [-0.3, -0.25) is 4.79 Å². The van der Waals surface area contributed by atoms with Crippen LogP contribution in [-0.4, -0.2) is 138 Å². The van der Waals surface area contributed by atoms with Crippen molar-refractivity contribution in [3.05, 3.63) is 58.7 Å². The fourth-order valence-corrected chi connectivity index (χ4v) is 5.78. The summed E-state index contributed by atoms with van der Waals surface area (Å²) >= 11 is 0. The Morgan fingerprint density at radius 3 is 2.04 bits per heavy atom. The summed E-state index contributed by atoms with van der Waals surface area (Å²) in [5.41, 5.74) is 1.04. The van der Waals surface area contributed by atoms with E-state index >= 15 is 0 Å². The molecule has 48 heavy (non-hydrogen) atoms. The fourth-order valence-electron chi connectivity index (χ4n) is 5.78. The van der Waals surface area contributed by atoms with Gasteiger partial charge in [0.05, 0.1) is 13.2 Å². The van der Waals surface area contributed by atoms with Crippen LogP contribution in [0.3, 0.4) is 0 Å². The number of benzene rings is 2. The number of hydrogen-bond acceptors (Lipinski definition) is 16. The van der Waals surface area contributed by atoms with Gasteiger partial charge >= 0.3 is 0 Å². The second-order valence-electron chi connectivity index (χ2n) is 12.1. The molecule has 264 valence electrons. The molecule has 10 N–H and O–H groups in total. The Kier molecular flexibility index (Phi) is 10.9.